The van der Waals surface area contributed by atoms with Crippen LogP contribution in [-0.4, -0.2) is 30.1 Å². The quantitative estimate of drug-likeness (QED) is 0.786. The Kier molecular flexibility index (Phi) is 5.21. The summed E-state index contributed by atoms with van der Waals surface area (Å²) in [5, 5.41) is 3.17. The molecule has 1 aliphatic carbocycles. The number of nitrogens with one attached hydrogen (secondary N) is 1. The summed E-state index contributed by atoms with van der Waals surface area (Å²) in [4.78, 5) is 11.8. The Morgan fingerprint density at radius 3 is 2.45 bits per heavy atom. The Hall–Kier alpha value is -1.32. The molecule has 1 fully saturated rings. The van der Waals surface area contributed by atoms with Crippen molar-refractivity contribution in [2.45, 2.75) is 52.4 Å². The average molecular weight is 276 g/mol. The van der Waals surface area contributed by atoms with E-state index in [0.29, 0.717) is 5.92 Å². The third-order valence-corrected chi connectivity index (χ3v) is 4.27. The highest BCUT2D eigenvalue weighted by atomic mass is 15.2. The number of nitrogens with zero attached hydrogens (tertiary/aromatic N) is 3. The van der Waals surface area contributed by atoms with E-state index in [1.54, 1.807) is 0 Å². The van der Waals surface area contributed by atoms with E-state index in [4.69, 9.17) is 4.98 Å². The molecule has 0 amide bonds. The molecule has 0 atom stereocenters. The molecule has 0 bridgehead atoms. The standard InChI is InChI=1S/C16H28N4/c1-5-12(6-2)11-20(7-3)15-10-14(17-4)18-16(19-15)13-8-9-13/h10,12-13H,5-9,11H2,1-4H3,(H,17,18,19). The van der Waals surface area contributed by atoms with Crippen LogP contribution in [0.3, 0.4) is 0 Å². The molecule has 20 heavy (non-hydrogen) atoms. The van der Waals surface area contributed by atoms with Crippen LogP contribution >= 0.6 is 0 Å². The summed E-state index contributed by atoms with van der Waals surface area (Å²) in [5.41, 5.74) is 0. The summed E-state index contributed by atoms with van der Waals surface area (Å²) in [7, 11) is 1.93. The predicted molar refractivity (Wildman–Crippen MR) is 85.5 cm³/mol. The van der Waals surface area contributed by atoms with Crippen LogP contribution < -0.4 is 10.2 Å². The minimum atomic E-state index is 0.592. The van der Waals surface area contributed by atoms with Gasteiger partial charge in [0.15, 0.2) is 0 Å². The molecule has 1 heterocycles. The Morgan fingerprint density at radius 1 is 1.25 bits per heavy atom. The smallest absolute Gasteiger partial charge is 0.136 e. The molecular weight excluding hydrogens is 248 g/mol. The SMILES string of the molecule is CCC(CC)CN(CC)c1cc(NC)nc(C2CC2)n1. The maximum atomic E-state index is 4.81. The molecule has 4 nitrogen and oxygen atoms in total. The van der Waals surface area contributed by atoms with Gasteiger partial charge >= 0.3 is 0 Å². The fourth-order valence-electron chi connectivity index (χ4n) is 2.51. The minimum Gasteiger partial charge on any atom is -0.373 e. The monoisotopic (exact) mass is 276 g/mol. The first kappa shape index (κ1) is 15.1. The molecule has 0 aromatic carbocycles. The molecule has 112 valence electrons. The maximum Gasteiger partial charge on any atom is 0.136 e. The van der Waals surface area contributed by atoms with Crippen LogP contribution in [0, 0.1) is 5.92 Å². The second kappa shape index (κ2) is 6.91. The lowest BCUT2D eigenvalue weighted by Gasteiger charge is -2.27. The van der Waals surface area contributed by atoms with E-state index in [0.717, 1.165) is 36.5 Å². The highest BCUT2D eigenvalue weighted by Gasteiger charge is 2.28. The van der Waals surface area contributed by atoms with Gasteiger partial charge in [0.05, 0.1) is 0 Å². The summed E-state index contributed by atoms with van der Waals surface area (Å²) >= 11 is 0. The summed E-state index contributed by atoms with van der Waals surface area (Å²) < 4.78 is 0. The molecule has 0 saturated heterocycles. The van der Waals surface area contributed by atoms with Gasteiger partial charge in [0.25, 0.3) is 0 Å². The zero-order valence-corrected chi connectivity index (χ0v) is 13.3. The Bertz CT molecular complexity index is 424. The van der Waals surface area contributed by atoms with Gasteiger partial charge in [-0.2, -0.15) is 0 Å². The van der Waals surface area contributed by atoms with Crippen molar-refractivity contribution < 1.29 is 0 Å². The largest absolute Gasteiger partial charge is 0.373 e. The number of aromatic nitrogens is 2. The van der Waals surface area contributed by atoms with Crippen LogP contribution in [0.4, 0.5) is 11.6 Å². The van der Waals surface area contributed by atoms with Gasteiger partial charge in [0.2, 0.25) is 0 Å². The lowest BCUT2D eigenvalue weighted by molar-refractivity contribution is 0.484. The van der Waals surface area contributed by atoms with Crippen molar-refractivity contribution in [2.24, 2.45) is 5.92 Å². The predicted octanol–water partition coefficient (Wildman–Crippen LogP) is 3.66. The van der Waals surface area contributed by atoms with E-state index < -0.39 is 0 Å². The lowest BCUT2D eigenvalue weighted by Crippen LogP contribution is -2.30. The Labute approximate surface area is 123 Å². The van der Waals surface area contributed by atoms with E-state index in [9.17, 15) is 0 Å². The van der Waals surface area contributed by atoms with Crippen LogP contribution in [-0.2, 0) is 0 Å². The minimum absolute atomic E-state index is 0.592. The lowest BCUT2D eigenvalue weighted by atomic mass is 10.0. The maximum absolute atomic E-state index is 4.81. The number of hydrogen-bond donors (Lipinski definition) is 1. The summed E-state index contributed by atoms with van der Waals surface area (Å²) in [6, 6.07) is 2.08. The zero-order chi connectivity index (χ0) is 14.5. The molecule has 4 heteroatoms. The van der Waals surface area contributed by atoms with E-state index >= 15 is 0 Å². The van der Waals surface area contributed by atoms with Crippen LogP contribution in [0.25, 0.3) is 0 Å². The van der Waals surface area contributed by atoms with E-state index in [1.165, 1.54) is 25.7 Å². The molecule has 1 N–H and O–H groups in total. The van der Waals surface area contributed by atoms with Crippen molar-refractivity contribution in [2.75, 3.05) is 30.4 Å². The molecule has 2 rings (SSSR count). The molecule has 0 radical (unpaired) electrons. The molecule has 1 aromatic heterocycles. The van der Waals surface area contributed by atoms with Crippen molar-refractivity contribution in [3.05, 3.63) is 11.9 Å². The number of anilines is 2. The molecule has 1 aromatic rings. The second-order valence-corrected chi connectivity index (χ2v) is 5.72. The van der Waals surface area contributed by atoms with Crippen LogP contribution in [0.1, 0.15) is 58.2 Å². The topological polar surface area (TPSA) is 41.0 Å². The van der Waals surface area contributed by atoms with Gasteiger partial charge in [-0.05, 0) is 25.7 Å². The fourth-order valence-corrected chi connectivity index (χ4v) is 2.51. The zero-order valence-electron chi connectivity index (χ0n) is 13.3. The Morgan fingerprint density at radius 2 is 1.95 bits per heavy atom. The first-order valence-corrected chi connectivity index (χ1v) is 8.03. The molecule has 1 aliphatic rings. The van der Waals surface area contributed by atoms with Gasteiger partial charge in [-0.1, -0.05) is 26.7 Å². The fraction of sp³-hybridized carbons (Fsp3) is 0.750. The first-order chi connectivity index (χ1) is 9.71. The third-order valence-electron chi connectivity index (χ3n) is 4.27. The highest BCUT2D eigenvalue weighted by molar-refractivity contribution is 5.49. The van der Waals surface area contributed by atoms with E-state index in [2.05, 4.69) is 42.0 Å². The van der Waals surface area contributed by atoms with Crippen molar-refractivity contribution >= 4 is 11.6 Å². The van der Waals surface area contributed by atoms with Gasteiger partial charge in [-0.25, -0.2) is 9.97 Å². The summed E-state index contributed by atoms with van der Waals surface area (Å²) in [5.74, 6) is 4.39. The van der Waals surface area contributed by atoms with Crippen LogP contribution in [0.2, 0.25) is 0 Å². The van der Waals surface area contributed by atoms with Crippen molar-refractivity contribution in [3.63, 3.8) is 0 Å². The second-order valence-electron chi connectivity index (χ2n) is 5.72. The molecule has 0 spiro atoms. The number of rotatable bonds is 8. The third kappa shape index (κ3) is 3.62. The van der Waals surface area contributed by atoms with Gasteiger partial charge in [-0.15, -0.1) is 0 Å². The molecule has 1 saturated carbocycles. The average Bonchev–Trinajstić information content (AvgIpc) is 3.33. The Balaban J connectivity index is 2.21. The van der Waals surface area contributed by atoms with Crippen molar-refractivity contribution in [1.82, 2.24) is 9.97 Å². The van der Waals surface area contributed by atoms with Crippen molar-refractivity contribution in [3.8, 4) is 0 Å². The summed E-state index contributed by atoms with van der Waals surface area (Å²) in [6.45, 7) is 8.85. The molecule has 0 unspecified atom stereocenters. The van der Waals surface area contributed by atoms with Gasteiger partial charge in [0.1, 0.15) is 17.5 Å². The molecule has 0 aliphatic heterocycles. The summed E-state index contributed by atoms with van der Waals surface area (Å²) in [6.07, 6.45) is 4.94. The first-order valence-electron chi connectivity index (χ1n) is 8.03. The van der Waals surface area contributed by atoms with Crippen LogP contribution in [0.5, 0.6) is 0 Å². The number of hydrogen-bond acceptors (Lipinski definition) is 4. The normalized spacial score (nSPS) is 14.7. The van der Waals surface area contributed by atoms with E-state index in [1.807, 2.05) is 7.05 Å². The van der Waals surface area contributed by atoms with Gasteiger partial charge in [0, 0.05) is 32.1 Å². The van der Waals surface area contributed by atoms with Gasteiger partial charge < -0.3 is 10.2 Å². The van der Waals surface area contributed by atoms with Gasteiger partial charge in [-0.3, -0.25) is 0 Å². The highest BCUT2D eigenvalue weighted by Crippen LogP contribution is 2.39. The van der Waals surface area contributed by atoms with E-state index in [-0.39, 0.29) is 0 Å². The van der Waals surface area contributed by atoms with Crippen LogP contribution in [0.15, 0.2) is 6.07 Å². The molecular formula is C16H28N4. The van der Waals surface area contributed by atoms with Crippen molar-refractivity contribution in [1.29, 1.82) is 0 Å².